The van der Waals surface area contributed by atoms with E-state index in [0.29, 0.717) is 19.6 Å². The van der Waals surface area contributed by atoms with Crippen LogP contribution in [0.1, 0.15) is 11.1 Å². The van der Waals surface area contributed by atoms with Crippen LogP contribution in [0, 0.1) is 0 Å². The van der Waals surface area contributed by atoms with Gasteiger partial charge in [-0.15, -0.1) is 0 Å². The lowest BCUT2D eigenvalue weighted by molar-refractivity contribution is -0.117. The quantitative estimate of drug-likeness (QED) is 0.845. The molecule has 2 aromatic rings. The number of likely N-dealkylation sites (N-methyl/N-ethyl adjacent to an activating group) is 1. The molecule has 21 heavy (non-hydrogen) atoms. The van der Waals surface area contributed by atoms with Crippen molar-refractivity contribution in [3.05, 3.63) is 59.9 Å². The third kappa shape index (κ3) is 4.98. The zero-order valence-electron chi connectivity index (χ0n) is 12.1. The summed E-state index contributed by atoms with van der Waals surface area (Å²) in [4.78, 5) is 18.0. The van der Waals surface area contributed by atoms with Crippen molar-refractivity contribution in [1.82, 2.24) is 9.88 Å². The first-order chi connectivity index (χ1) is 10.2. The largest absolute Gasteiger partial charge is 0.326 e. The van der Waals surface area contributed by atoms with Crippen molar-refractivity contribution < 1.29 is 4.79 Å². The number of hydrogen-bond acceptors (Lipinski definition) is 4. The van der Waals surface area contributed by atoms with Crippen molar-refractivity contribution >= 4 is 11.6 Å². The first kappa shape index (κ1) is 15.2. The van der Waals surface area contributed by atoms with Crippen LogP contribution in [0.25, 0.3) is 0 Å². The van der Waals surface area contributed by atoms with Crippen molar-refractivity contribution in [3.63, 3.8) is 0 Å². The summed E-state index contributed by atoms with van der Waals surface area (Å²) in [5.74, 6) is -0.0458. The minimum absolute atomic E-state index is 0.0458. The minimum atomic E-state index is -0.0458. The summed E-state index contributed by atoms with van der Waals surface area (Å²) in [5.41, 5.74) is 8.44. The highest BCUT2D eigenvalue weighted by atomic mass is 16.2. The summed E-state index contributed by atoms with van der Waals surface area (Å²) in [7, 11) is 1.91. The van der Waals surface area contributed by atoms with E-state index in [-0.39, 0.29) is 5.91 Å². The Bertz CT molecular complexity index is 586. The minimum Gasteiger partial charge on any atom is -0.326 e. The second-order valence-corrected chi connectivity index (χ2v) is 4.99. The van der Waals surface area contributed by atoms with Gasteiger partial charge in [0.05, 0.1) is 6.54 Å². The maximum atomic E-state index is 12.0. The van der Waals surface area contributed by atoms with Crippen molar-refractivity contribution in [2.45, 2.75) is 13.1 Å². The second kappa shape index (κ2) is 7.52. The third-order valence-corrected chi connectivity index (χ3v) is 3.04. The summed E-state index contributed by atoms with van der Waals surface area (Å²) in [6.45, 7) is 1.47. The van der Waals surface area contributed by atoms with Gasteiger partial charge in [0.2, 0.25) is 5.91 Å². The maximum Gasteiger partial charge on any atom is 0.238 e. The molecule has 1 aromatic carbocycles. The van der Waals surface area contributed by atoms with Crippen LogP contribution in [0.4, 0.5) is 5.69 Å². The molecule has 1 aromatic heterocycles. The number of nitrogens with zero attached hydrogens (tertiary/aromatic N) is 2. The lowest BCUT2D eigenvalue weighted by Crippen LogP contribution is -2.29. The van der Waals surface area contributed by atoms with Crippen LogP contribution in [0.5, 0.6) is 0 Å². The number of amides is 1. The van der Waals surface area contributed by atoms with Gasteiger partial charge in [0.25, 0.3) is 0 Å². The van der Waals surface area contributed by atoms with Crippen LogP contribution in [-0.2, 0) is 17.9 Å². The predicted molar refractivity (Wildman–Crippen MR) is 83.5 cm³/mol. The number of anilines is 1. The molecule has 5 nitrogen and oxygen atoms in total. The summed E-state index contributed by atoms with van der Waals surface area (Å²) in [5, 5.41) is 2.88. The molecule has 0 spiro atoms. The summed E-state index contributed by atoms with van der Waals surface area (Å²) in [6.07, 6.45) is 3.54. The molecule has 0 aliphatic heterocycles. The molecule has 3 N–H and O–H groups in total. The maximum absolute atomic E-state index is 12.0. The third-order valence-electron chi connectivity index (χ3n) is 3.04. The zero-order valence-corrected chi connectivity index (χ0v) is 12.1. The Morgan fingerprint density at radius 1 is 1.29 bits per heavy atom. The van der Waals surface area contributed by atoms with E-state index in [1.54, 1.807) is 12.4 Å². The zero-order chi connectivity index (χ0) is 15.1. The number of carbonyl (C=O) groups is 1. The molecule has 110 valence electrons. The van der Waals surface area contributed by atoms with Crippen LogP contribution in [0.2, 0.25) is 0 Å². The number of aromatic nitrogens is 1. The number of rotatable bonds is 6. The second-order valence-electron chi connectivity index (χ2n) is 4.99. The highest BCUT2D eigenvalue weighted by molar-refractivity contribution is 5.92. The molecule has 0 atom stereocenters. The van der Waals surface area contributed by atoms with E-state index in [2.05, 4.69) is 10.3 Å². The summed E-state index contributed by atoms with van der Waals surface area (Å²) in [6, 6.07) is 11.5. The van der Waals surface area contributed by atoms with Crippen LogP contribution < -0.4 is 11.1 Å². The fourth-order valence-corrected chi connectivity index (χ4v) is 2.08. The predicted octanol–water partition coefficient (Wildman–Crippen LogP) is 1.61. The fraction of sp³-hybridized carbons (Fsp3) is 0.250. The number of carbonyl (C=O) groups excluding carboxylic acids is 1. The normalized spacial score (nSPS) is 10.6. The molecule has 1 amide bonds. The van der Waals surface area contributed by atoms with Crippen molar-refractivity contribution in [2.75, 3.05) is 18.9 Å². The molecule has 2 rings (SSSR count). The molecule has 0 fully saturated rings. The van der Waals surface area contributed by atoms with Gasteiger partial charge in [-0.05, 0) is 36.4 Å². The van der Waals surface area contributed by atoms with Crippen LogP contribution in [0.3, 0.4) is 0 Å². The van der Waals surface area contributed by atoms with Gasteiger partial charge in [0, 0.05) is 31.2 Å². The van der Waals surface area contributed by atoms with Crippen LogP contribution in [0.15, 0.2) is 48.8 Å². The van der Waals surface area contributed by atoms with Gasteiger partial charge in [0.15, 0.2) is 0 Å². The van der Waals surface area contributed by atoms with Crippen molar-refractivity contribution in [3.8, 4) is 0 Å². The van der Waals surface area contributed by atoms with Crippen molar-refractivity contribution in [1.29, 1.82) is 0 Å². The van der Waals surface area contributed by atoms with Gasteiger partial charge in [-0.25, -0.2) is 0 Å². The van der Waals surface area contributed by atoms with E-state index in [4.69, 9.17) is 5.73 Å². The Hall–Kier alpha value is -2.24. The molecule has 0 bridgehead atoms. The lowest BCUT2D eigenvalue weighted by atomic mass is 10.2. The summed E-state index contributed by atoms with van der Waals surface area (Å²) >= 11 is 0. The van der Waals surface area contributed by atoms with E-state index < -0.39 is 0 Å². The highest BCUT2D eigenvalue weighted by Crippen LogP contribution is 2.10. The Balaban J connectivity index is 1.86. The van der Waals surface area contributed by atoms with Crippen LogP contribution >= 0.6 is 0 Å². The fourth-order valence-electron chi connectivity index (χ4n) is 2.08. The van der Waals surface area contributed by atoms with Gasteiger partial charge in [0.1, 0.15) is 0 Å². The van der Waals surface area contributed by atoms with E-state index in [1.165, 1.54) is 0 Å². The molecule has 0 unspecified atom stereocenters. The monoisotopic (exact) mass is 284 g/mol. The van der Waals surface area contributed by atoms with Gasteiger partial charge < -0.3 is 11.1 Å². The molecule has 0 aliphatic rings. The molecule has 0 saturated heterocycles. The van der Waals surface area contributed by atoms with Gasteiger partial charge >= 0.3 is 0 Å². The molecule has 5 heteroatoms. The van der Waals surface area contributed by atoms with Gasteiger partial charge in [-0.1, -0.05) is 18.2 Å². The summed E-state index contributed by atoms with van der Waals surface area (Å²) < 4.78 is 0. The average molecular weight is 284 g/mol. The molecule has 0 saturated carbocycles. The Morgan fingerprint density at radius 2 is 2.10 bits per heavy atom. The topological polar surface area (TPSA) is 71.2 Å². The Morgan fingerprint density at radius 3 is 2.81 bits per heavy atom. The number of benzene rings is 1. The van der Waals surface area contributed by atoms with E-state index in [9.17, 15) is 4.79 Å². The number of pyridine rings is 1. The van der Waals surface area contributed by atoms with Crippen molar-refractivity contribution in [2.24, 2.45) is 5.73 Å². The SMILES string of the molecule is CN(CC(=O)Nc1cccc(CN)c1)Cc1cccnc1. The molecular weight excluding hydrogens is 264 g/mol. The number of nitrogens with two attached hydrogens (primary N) is 1. The first-order valence-electron chi connectivity index (χ1n) is 6.83. The Labute approximate surface area is 124 Å². The van der Waals surface area contributed by atoms with E-state index in [1.807, 2.05) is 48.3 Å². The van der Waals surface area contributed by atoms with E-state index in [0.717, 1.165) is 16.8 Å². The Kier molecular flexibility index (Phi) is 5.43. The smallest absolute Gasteiger partial charge is 0.238 e. The standard InChI is InChI=1S/C16H20N4O/c1-20(11-14-5-3-7-18-10-14)12-16(21)19-15-6-2-4-13(8-15)9-17/h2-8,10H,9,11-12,17H2,1H3,(H,19,21). The van der Waals surface area contributed by atoms with Crippen LogP contribution in [-0.4, -0.2) is 29.4 Å². The van der Waals surface area contributed by atoms with Gasteiger partial charge in [-0.3, -0.25) is 14.7 Å². The van der Waals surface area contributed by atoms with Gasteiger partial charge in [-0.2, -0.15) is 0 Å². The lowest BCUT2D eigenvalue weighted by Gasteiger charge is -2.16. The highest BCUT2D eigenvalue weighted by Gasteiger charge is 2.07. The first-order valence-corrected chi connectivity index (χ1v) is 6.83. The molecule has 0 radical (unpaired) electrons. The molecular formula is C16H20N4O. The molecule has 0 aliphatic carbocycles. The molecule has 1 heterocycles. The number of hydrogen-bond donors (Lipinski definition) is 2. The average Bonchev–Trinajstić information content (AvgIpc) is 2.48. The van der Waals surface area contributed by atoms with E-state index >= 15 is 0 Å². The number of nitrogens with one attached hydrogen (secondary N) is 1.